The van der Waals surface area contributed by atoms with Crippen molar-refractivity contribution in [3.63, 3.8) is 0 Å². The number of nitrogens with zero attached hydrogens (tertiary/aromatic N) is 3. The molecule has 0 radical (unpaired) electrons. The van der Waals surface area contributed by atoms with Gasteiger partial charge in [0.25, 0.3) is 5.56 Å². The van der Waals surface area contributed by atoms with E-state index >= 15 is 0 Å². The van der Waals surface area contributed by atoms with Gasteiger partial charge in [0, 0.05) is 7.05 Å². The average Bonchev–Trinajstić information content (AvgIpc) is 3.19. The number of anilines is 1. The third-order valence-electron chi connectivity index (χ3n) is 7.04. The molecule has 1 aliphatic heterocycles. The van der Waals surface area contributed by atoms with E-state index in [2.05, 4.69) is 22.8 Å². The third-order valence-corrected chi connectivity index (χ3v) is 7.04. The van der Waals surface area contributed by atoms with Crippen LogP contribution in [0.3, 0.4) is 0 Å². The molecule has 1 aromatic heterocycles. The molecule has 1 aromatic carbocycles. The first-order chi connectivity index (χ1) is 15.4. The lowest BCUT2D eigenvalue weighted by atomic mass is 9.63. The number of benzene rings is 1. The molecule has 9 nitrogen and oxygen atoms in total. The SMILES string of the molecule is Cc1c(NC(=O)NCN2C(=O)C3C4C=CC(CC4)C3C2=O)c(=O)n(-c2ccccc2)n1C. The standard InChI is InChI=1S/C23H25N5O4/c1-13-19(22(31)28(26(13)2)16-6-4-3-5-7-16)25-23(32)24-12-27-20(29)17-14-8-9-15(11-10-14)18(17)21(27)30/h3-9,14-15,17-18H,10-12H2,1-2H3,(H2,24,25,32). The van der Waals surface area contributed by atoms with Crippen LogP contribution in [0, 0.1) is 30.6 Å². The van der Waals surface area contributed by atoms with Gasteiger partial charge in [0.15, 0.2) is 0 Å². The van der Waals surface area contributed by atoms with E-state index in [-0.39, 0.29) is 53.4 Å². The predicted octanol–water partition coefficient (Wildman–Crippen LogP) is 1.76. The Balaban J connectivity index is 1.29. The highest BCUT2D eigenvalue weighted by Crippen LogP contribution is 2.49. The fourth-order valence-electron chi connectivity index (χ4n) is 5.31. The Hall–Kier alpha value is -3.62. The van der Waals surface area contributed by atoms with Crippen molar-refractivity contribution in [1.29, 1.82) is 0 Å². The summed E-state index contributed by atoms with van der Waals surface area (Å²) >= 11 is 0. The van der Waals surface area contributed by atoms with Crippen molar-refractivity contribution in [2.24, 2.45) is 30.7 Å². The summed E-state index contributed by atoms with van der Waals surface area (Å²) < 4.78 is 3.13. The minimum absolute atomic E-state index is 0.101. The van der Waals surface area contributed by atoms with Crippen LogP contribution in [0.2, 0.25) is 0 Å². The van der Waals surface area contributed by atoms with Gasteiger partial charge in [-0.25, -0.2) is 9.48 Å². The number of carbonyl (C=O) groups excluding carboxylic acids is 3. The number of para-hydroxylation sites is 1. The first-order valence-corrected chi connectivity index (χ1v) is 10.8. The maximum absolute atomic E-state index is 12.9. The molecular formula is C23H25N5O4. The molecule has 3 aliphatic carbocycles. The number of fused-ring (bicyclic) bond motifs is 1. The molecule has 4 unspecified atom stereocenters. The molecule has 4 aliphatic rings. The van der Waals surface area contributed by atoms with Crippen molar-refractivity contribution < 1.29 is 14.4 Å². The van der Waals surface area contributed by atoms with Gasteiger partial charge in [-0.15, -0.1) is 0 Å². The molecule has 1 saturated heterocycles. The number of likely N-dealkylation sites (tertiary alicyclic amines) is 1. The topological polar surface area (TPSA) is 105 Å². The molecule has 166 valence electrons. The van der Waals surface area contributed by atoms with E-state index < -0.39 is 6.03 Å². The highest BCUT2D eigenvalue weighted by atomic mass is 16.2. The number of hydrogen-bond donors (Lipinski definition) is 2. The molecule has 2 N–H and O–H groups in total. The zero-order valence-corrected chi connectivity index (χ0v) is 17.9. The van der Waals surface area contributed by atoms with Crippen molar-refractivity contribution in [3.05, 3.63) is 58.5 Å². The second kappa shape index (κ2) is 7.51. The van der Waals surface area contributed by atoms with Crippen molar-refractivity contribution in [2.45, 2.75) is 19.8 Å². The van der Waals surface area contributed by atoms with Crippen LogP contribution in [0.25, 0.3) is 5.69 Å². The number of urea groups is 1. The number of hydrogen-bond acceptors (Lipinski definition) is 4. The fourth-order valence-corrected chi connectivity index (χ4v) is 5.31. The van der Waals surface area contributed by atoms with E-state index in [4.69, 9.17) is 0 Å². The van der Waals surface area contributed by atoms with Gasteiger partial charge in [0.2, 0.25) is 11.8 Å². The van der Waals surface area contributed by atoms with E-state index in [1.165, 1.54) is 4.68 Å². The summed E-state index contributed by atoms with van der Waals surface area (Å²) in [5, 5.41) is 5.16. The second-order valence-electron chi connectivity index (χ2n) is 8.67. The number of nitrogens with one attached hydrogen (secondary N) is 2. The van der Waals surface area contributed by atoms with Gasteiger partial charge in [-0.3, -0.25) is 24.0 Å². The van der Waals surface area contributed by atoms with Gasteiger partial charge in [0.1, 0.15) is 12.4 Å². The number of imide groups is 1. The van der Waals surface area contributed by atoms with Crippen molar-refractivity contribution >= 4 is 23.5 Å². The second-order valence-corrected chi connectivity index (χ2v) is 8.67. The van der Waals surface area contributed by atoms with Gasteiger partial charge < -0.3 is 10.6 Å². The highest BCUT2D eigenvalue weighted by molar-refractivity contribution is 6.06. The van der Waals surface area contributed by atoms with Crippen LogP contribution in [-0.4, -0.2) is 38.8 Å². The maximum atomic E-state index is 12.9. The number of allylic oxidation sites excluding steroid dienone is 2. The number of carbonyl (C=O) groups is 3. The Bertz CT molecular complexity index is 1160. The zero-order chi connectivity index (χ0) is 22.6. The van der Waals surface area contributed by atoms with Crippen LogP contribution in [0.15, 0.2) is 47.3 Å². The lowest BCUT2D eigenvalue weighted by Gasteiger charge is -2.38. The van der Waals surface area contributed by atoms with Crippen molar-refractivity contribution in [3.8, 4) is 5.69 Å². The first-order valence-electron chi connectivity index (χ1n) is 10.8. The predicted molar refractivity (Wildman–Crippen MR) is 117 cm³/mol. The Kier molecular flexibility index (Phi) is 4.76. The quantitative estimate of drug-likeness (QED) is 0.564. The van der Waals surface area contributed by atoms with Crippen LogP contribution in [0.1, 0.15) is 18.5 Å². The Morgan fingerprint density at radius 3 is 2.16 bits per heavy atom. The Morgan fingerprint density at radius 2 is 1.59 bits per heavy atom. The summed E-state index contributed by atoms with van der Waals surface area (Å²) in [7, 11) is 1.73. The van der Waals surface area contributed by atoms with Crippen molar-refractivity contribution in [1.82, 2.24) is 19.6 Å². The zero-order valence-electron chi connectivity index (χ0n) is 17.9. The first kappa shape index (κ1) is 20.3. The summed E-state index contributed by atoms with van der Waals surface area (Å²) in [6, 6.07) is 8.47. The molecule has 4 atom stereocenters. The minimum atomic E-state index is -0.646. The highest BCUT2D eigenvalue weighted by Gasteiger charge is 2.56. The molecule has 32 heavy (non-hydrogen) atoms. The van der Waals surface area contributed by atoms with Gasteiger partial charge in [-0.1, -0.05) is 30.4 Å². The van der Waals surface area contributed by atoms with E-state index in [9.17, 15) is 19.2 Å². The summed E-state index contributed by atoms with van der Waals surface area (Å²) in [4.78, 5) is 52.4. The molecule has 2 bridgehead atoms. The summed E-state index contributed by atoms with van der Waals surface area (Å²) in [5.41, 5.74) is 1.03. The summed E-state index contributed by atoms with van der Waals surface area (Å²) in [6.45, 7) is 1.52. The number of aromatic nitrogens is 2. The molecule has 1 saturated carbocycles. The fraction of sp³-hybridized carbons (Fsp3) is 0.391. The van der Waals surface area contributed by atoms with Crippen LogP contribution >= 0.6 is 0 Å². The van der Waals surface area contributed by atoms with E-state index in [1.54, 1.807) is 30.8 Å². The van der Waals surface area contributed by atoms with E-state index in [1.807, 2.05) is 18.2 Å². The summed E-state index contributed by atoms with van der Waals surface area (Å²) in [5.74, 6) is -0.869. The maximum Gasteiger partial charge on any atom is 0.320 e. The smallest absolute Gasteiger partial charge is 0.320 e. The molecular weight excluding hydrogens is 410 g/mol. The Morgan fingerprint density at radius 1 is 1.00 bits per heavy atom. The van der Waals surface area contributed by atoms with E-state index in [0.717, 1.165) is 17.7 Å². The van der Waals surface area contributed by atoms with Crippen LogP contribution in [-0.2, 0) is 16.6 Å². The summed E-state index contributed by atoms with van der Waals surface area (Å²) in [6.07, 6.45) is 5.95. The van der Waals surface area contributed by atoms with Gasteiger partial charge in [-0.2, -0.15) is 0 Å². The van der Waals surface area contributed by atoms with Crippen LogP contribution in [0.5, 0.6) is 0 Å². The molecule has 2 fully saturated rings. The van der Waals surface area contributed by atoms with Gasteiger partial charge >= 0.3 is 6.03 Å². The lowest BCUT2D eigenvalue weighted by molar-refractivity contribution is -0.140. The number of rotatable bonds is 4. The van der Waals surface area contributed by atoms with Gasteiger partial charge in [-0.05, 0) is 43.7 Å². The molecule has 2 heterocycles. The van der Waals surface area contributed by atoms with E-state index in [0.29, 0.717) is 11.4 Å². The van der Waals surface area contributed by atoms with Crippen molar-refractivity contribution in [2.75, 3.05) is 12.0 Å². The molecule has 4 amide bonds. The Labute approximate surface area is 184 Å². The molecule has 0 spiro atoms. The largest absolute Gasteiger partial charge is 0.320 e. The monoisotopic (exact) mass is 435 g/mol. The molecule has 6 rings (SSSR count). The third kappa shape index (κ3) is 2.99. The average molecular weight is 435 g/mol. The minimum Gasteiger partial charge on any atom is -0.320 e. The lowest BCUT2D eigenvalue weighted by Crippen LogP contribution is -2.43. The normalized spacial score (nSPS) is 25.9. The number of amides is 4. The molecule has 2 aromatic rings. The van der Waals surface area contributed by atoms with Crippen LogP contribution < -0.4 is 16.2 Å². The van der Waals surface area contributed by atoms with Gasteiger partial charge in [0.05, 0.1) is 23.2 Å². The van der Waals surface area contributed by atoms with Crippen LogP contribution in [0.4, 0.5) is 10.5 Å². The molecule has 9 heteroatoms.